The zero-order valence-corrected chi connectivity index (χ0v) is 11.7. The second-order valence-electron chi connectivity index (χ2n) is 3.50. The molecular weight excluding hydrogens is 269 g/mol. The minimum absolute atomic E-state index is 0. The zero-order chi connectivity index (χ0) is 9.10. The molecule has 4 heteroatoms. The van der Waals surface area contributed by atoms with E-state index in [2.05, 4.69) is 11.0 Å². The Balaban J connectivity index is 0.000000980. The smallest absolute Gasteiger partial charge is 1.00 e. The Morgan fingerprint density at radius 2 is 2.00 bits per heavy atom. The molecule has 2 rings (SSSR count). The fourth-order valence-electron chi connectivity index (χ4n) is 1.75. The van der Waals surface area contributed by atoms with Crippen LogP contribution in [0, 0.1) is 11.9 Å². The Morgan fingerprint density at radius 3 is 2.60 bits per heavy atom. The van der Waals surface area contributed by atoms with Gasteiger partial charge in [-0.15, -0.1) is 11.6 Å². The van der Waals surface area contributed by atoms with Gasteiger partial charge in [-0.1, -0.05) is 0 Å². The summed E-state index contributed by atoms with van der Waals surface area (Å²) < 4.78 is 13.2. The molecular formula is C11H13BrFMgN. The van der Waals surface area contributed by atoms with E-state index < -0.39 is 0 Å². The molecule has 0 atom stereocenters. The number of benzene rings is 1. The van der Waals surface area contributed by atoms with Crippen LogP contribution in [0.3, 0.4) is 0 Å². The summed E-state index contributed by atoms with van der Waals surface area (Å²) in [6, 6.07) is 7.73. The maximum atomic E-state index is 13.2. The Morgan fingerprint density at radius 1 is 1.33 bits per heavy atom. The summed E-state index contributed by atoms with van der Waals surface area (Å²) in [7, 11) is 0. The summed E-state index contributed by atoms with van der Waals surface area (Å²) in [6.07, 6.45) is 2.50. The molecule has 15 heavy (non-hydrogen) atoms. The third kappa shape index (κ3) is 4.39. The number of hydrogen-bond donors (Lipinski definition) is 0. The number of likely N-dealkylation sites (tertiary alicyclic amines) is 1. The van der Waals surface area contributed by atoms with E-state index in [1.807, 2.05) is 6.07 Å². The van der Waals surface area contributed by atoms with Crippen molar-refractivity contribution in [2.45, 2.75) is 19.4 Å². The Hall–Kier alpha value is 0.356. The Labute approximate surface area is 117 Å². The molecule has 0 unspecified atom stereocenters. The number of hydrogen-bond acceptors (Lipinski definition) is 1. The summed E-state index contributed by atoms with van der Waals surface area (Å²) in [6.45, 7) is 2.97. The largest absolute Gasteiger partial charge is 2.00 e. The molecule has 0 bridgehead atoms. The summed E-state index contributed by atoms with van der Waals surface area (Å²) in [4.78, 5) is 2.29. The fraction of sp³-hybridized carbons (Fsp3) is 0.455. The third-order valence-corrected chi connectivity index (χ3v) is 2.49. The normalized spacial score (nSPS) is 15.5. The average Bonchev–Trinajstić information content (AvgIpc) is 2.61. The van der Waals surface area contributed by atoms with Gasteiger partial charge < -0.3 is 21.9 Å². The van der Waals surface area contributed by atoms with Crippen LogP contribution in [0.15, 0.2) is 18.2 Å². The first kappa shape index (κ1) is 15.4. The van der Waals surface area contributed by atoms with Gasteiger partial charge in [0.2, 0.25) is 0 Å². The molecule has 1 fully saturated rings. The molecule has 78 valence electrons. The third-order valence-electron chi connectivity index (χ3n) is 2.49. The maximum absolute atomic E-state index is 13.2. The van der Waals surface area contributed by atoms with Gasteiger partial charge in [-0.3, -0.25) is 4.39 Å². The maximum Gasteiger partial charge on any atom is 2.00 e. The standard InChI is InChI=1S/C11H13FN.BrH.Mg/c12-11-6-2-1-5-10(11)9-13-7-3-4-8-13;;/h1,5-6H,3-4,7-9H2;1H;/q-1;;+2/p-1. The van der Waals surface area contributed by atoms with Crippen molar-refractivity contribution in [2.75, 3.05) is 13.1 Å². The van der Waals surface area contributed by atoms with Crippen molar-refractivity contribution in [1.29, 1.82) is 0 Å². The molecule has 1 saturated heterocycles. The van der Waals surface area contributed by atoms with Crippen LogP contribution in [0.5, 0.6) is 0 Å². The monoisotopic (exact) mass is 281 g/mol. The van der Waals surface area contributed by atoms with Gasteiger partial charge in [-0.25, -0.2) is 0 Å². The molecule has 0 spiro atoms. The molecule has 0 saturated carbocycles. The molecule has 0 amide bonds. The van der Waals surface area contributed by atoms with Crippen molar-refractivity contribution in [3.05, 3.63) is 35.6 Å². The van der Waals surface area contributed by atoms with Crippen molar-refractivity contribution in [3.8, 4) is 0 Å². The van der Waals surface area contributed by atoms with Crippen molar-refractivity contribution in [2.24, 2.45) is 0 Å². The van der Waals surface area contributed by atoms with E-state index >= 15 is 0 Å². The van der Waals surface area contributed by atoms with Gasteiger partial charge in [-0.05, 0) is 25.9 Å². The molecule has 1 aromatic rings. The SMILES string of the molecule is Fc1c[c-]ccc1CN1CCCC1.[Br-].[Mg+2]. The average molecular weight is 282 g/mol. The van der Waals surface area contributed by atoms with E-state index in [1.54, 1.807) is 6.07 Å². The van der Waals surface area contributed by atoms with Crippen LogP contribution in [-0.2, 0) is 6.54 Å². The second kappa shape index (κ2) is 7.60. The van der Waals surface area contributed by atoms with Crippen LogP contribution in [0.1, 0.15) is 18.4 Å². The van der Waals surface area contributed by atoms with Gasteiger partial charge in [-0.2, -0.15) is 18.2 Å². The van der Waals surface area contributed by atoms with Gasteiger partial charge in [0.05, 0.1) is 0 Å². The van der Waals surface area contributed by atoms with E-state index in [1.165, 1.54) is 18.9 Å². The molecule has 0 radical (unpaired) electrons. The topological polar surface area (TPSA) is 3.24 Å². The zero-order valence-electron chi connectivity index (χ0n) is 8.68. The van der Waals surface area contributed by atoms with Crippen molar-refractivity contribution < 1.29 is 21.4 Å². The molecule has 1 aromatic carbocycles. The van der Waals surface area contributed by atoms with Crippen molar-refractivity contribution in [3.63, 3.8) is 0 Å². The first-order valence-corrected chi connectivity index (χ1v) is 4.73. The van der Waals surface area contributed by atoms with E-state index in [0.29, 0.717) is 0 Å². The summed E-state index contributed by atoms with van der Waals surface area (Å²) in [5.74, 6) is -0.130. The van der Waals surface area contributed by atoms with Gasteiger partial charge >= 0.3 is 23.1 Å². The van der Waals surface area contributed by atoms with Crippen LogP contribution in [0.2, 0.25) is 0 Å². The van der Waals surface area contributed by atoms with E-state index in [-0.39, 0.29) is 45.9 Å². The van der Waals surface area contributed by atoms with Gasteiger partial charge in [0.1, 0.15) is 0 Å². The Kier molecular flexibility index (Phi) is 7.78. The minimum Gasteiger partial charge on any atom is -1.00 e. The van der Waals surface area contributed by atoms with Crippen molar-refractivity contribution >= 4 is 23.1 Å². The van der Waals surface area contributed by atoms with Crippen LogP contribution >= 0.6 is 0 Å². The predicted molar refractivity (Wildman–Crippen MR) is 55.5 cm³/mol. The predicted octanol–water partition coefficient (Wildman–Crippen LogP) is -1.16. The molecule has 1 heterocycles. The molecule has 0 aliphatic carbocycles. The molecule has 1 aliphatic rings. The van der Waals surface area contributed by atoms with Gasteiger partial charge in [0, 0.05) is 12.4 Å². The molecule has 0 aromatic heterocycles. The summed E-state index contributed by atoms with van der Waals surface area (Å²) >= 11 is 0. The van der Waals surface area contributed by atoms with Crippen LogP contribution in [0.25, 0.3) is 0 Å². The van der Waals surface area contributed by atoms with Crippen LogP contribution in [-0.4, -0.2) is 41.0 Å². The minimum atomic E-state index is -0.130. The first-order valence-electron chi connectivity index (χ1n) is 4.73. The fourth-order valence-corrected chi connectivity index (χ4v) is 1.75. The summed E-state index contributed by atoms with van der Waals surface area (Å²) in [5, 5.41) is 0. The molecule has 1 aliphatic heterocycles. The Bertz CT molecular complexity index is 290. The van der Waals surface area contributed by atoms with Crippen molar-refractivity contribution in [1.82, 2.24) is 4.90 Å². The molecule has 1 nitrogen and oxygen atoms in total. The number of nitrogens with zero attached hydrogens (tertiary/aromatic N) is 1. The van der Waals surface area contributed by atoms with E-state index in [9.17, 15) is 4.39 Å². The second-order valence-corrected chi connectivity index (χ2v) is 3.50. The van der Waals surface area contributed by atoms with Crippen LogP contribution in [0.4, 0.5) is 4.39 Å². The van der Waals surface area contributed by atoms with Gasteiger partial charge in [0.25, 0.3) is 0 Å². The van der Waals surface area contributed by atoms with Crippen LogP contribution < -0.4 is 17.0 Å². The quantitative estimate of drug-likeness (QED) is 0.489. The first-order chi connectivity index (χ1) is 6.36. The number of rotatable bonds is 2. The van der Waals surface area contributed by atoms with E-state index in [0.717, 1.165) is 25.2 Å². The molecule has 0 N–H and O–H groups in total. The summed E-state index contributed by atoms with van der Waals surface area (Å²) in [5.41, 5.74) is 0.792. The van der Waals surface area contributed by atoms with E-state index in [4.69, 9.17) is 0 Å². The number of halogens is 2. The van der Waals surface area contributed by atoms with Gasteiger partial charge in [0.15, 0.2) is 0 Å².